The van der Waals surface area contributed by atoms with Crippen molar-refractivity contribution in [1.29, 1.82) is 0 Å². The second-order valence-electron chi connectivity index (χ2n) is 4.02. The Hall–Kier alpha value is -2.01. The minimum absolute atomic E-state index is 0.111. The molecule has 0 fully saturated rings. The van der Waals surface area contributed by atoms with E-state index in [9.17, 15) is 8.78 Å². The van der Waals surface area contributed by atoms with Crippen LogP contribution >= 0.6 is 0 Å². The third-order valence-corrected chi connectivity index (χ3v) is 2.42. The quantitative estimate of drug-likeness (QED) is 0.900. The van der Waals surface area contributed by atoms with Gasteiger partial charge >= 0.3 is 0 Å². The second-order valence-corrected chi connectivity index (χ2v) is 4.02. The predicted molar refractivity (Wildman–Crippen MR) is 68.0 cm³/mol. The van der Waals surface area contributed by atoms with E-state index in [1.165, 1.54) is 6.20 Å². The van der Waals surface area contributed by atoms with Crippen LogP contribution in [0, 0.1) is 11.6 Å². The zero-order chi connectivity index (χ0) is 13.7. The Morgan fingerprint density at radius 2 is 1.79 bits per heavy atom. The van der Waals surface area contributed by atoms with E-state index in [2.05, 4.69) is 10.3 Å². The maximum atomic E-state index is 13.0. The molecule has 19 heavy (non-hydrogen) atoms. The number of rotatable bonds is 5. The summed E-state index contributed by atoms with van der Waals surface area (Å²) in [4.78, 5) is 4.03. The molecule has 0 atom stereocenters. The van der Waals surface area contributed by atoms with Gasteiger partial charge in [0.25, 0.3) is 0 Å². The van der Waals surface area contributed by atoms with Gasteiger partial charge in [-0.15, -0.1) is 0 Å². The highest BCUT2D eigenvalue weighted by atomic mass is 19.1. The van der Waals surface area contributed by atoms with E-state index >= 15 is 0 Å². The summed E-state index contributed by atoms with van der Waals surface area (Å²) in [6.07, 6.45) is 3.21. The topological polar surface area (TPSA) is 34.2 Å². The first kappa shape index (κ1) is 13.4. The number of halogens is 2. The van der Waals surface area contributed by atoms with Crippen molar-refractivity contribution in [2.75, 3.05) is 6.54 Å². The van der Waals surface area contributed by atoms with Crippen molar-refractivity contribution in [1.82, 2.24) is 10.3 Å². The molecule has 0 aliphatic carbocycles. The predicted octanol–water partition coefficient (Wildman–Crippen LogP) is 3.26. The monoisotopic (exact) mass is 264 g/mol. The van der Waals surface area contributed by atoms with Crippen molar-refractivity contribution in [2.45, 2.75) is 13.5 Å². The molecule has 0 spiro atoms. The zero-order valence-electron chi connectivity index (χ0n) is 10.5. The highest BCUT2D eigenvalue weighted by Crippen LogP contribution is 2.23. The van der Waals surface area contributed by atoms with Crippen molar-refractivity contribution in [3.8, 4) is 11.5 Å². The highest BCUT2D eigenvalue weighted by molar-refractivity contribution is 5.32. The molecule has 100 valence electrons. The van der Waals surface area contributed by atoms with Crippen molar-refractivity contribution < 1.29 is 13.5 Å². The fraction of sp³-hybridized carbons (Fsp3) is 0.214. The van der Waals surface area contributed by atoms with Crippen LogP contribution in [0.25, 0.3) is 0 Å². The van der Waals surface area contributed by atoms with E-state index in [4.69, 9.17) is 4.74 Å². The summed E-state index contributed by atoms with van der Waals surface area (Å²) >= 11 is 0. The van der Waals surface area contributed by atoms with E-state index in [-0.39, 0.29) is 5.75 Å². The molecule has 0 amide bonds. The number of hydrogen-bond donors (Lipinski definition) is 1. The van der Waals surface area contributed by atoms with Crippen LogP contribution in [0.1, 0.15) is 12.5 Å². The lowest BCUT2D eigenvalue weighted by Gasteiger charge is -2.07. The van der Waals surface area contributed by atoms with Gasteiger partial charge in [-0.1, -0.05) is 6.92 Å². The largest absolute Gasteiger partial charge is 0.456 e. The Labute approximate surface area is 110 Å². The summed E-state index contributed by atoms with van der Waals surface area (Å²) in [5, 5.41) is 3.16. The van der Waals surface area contributed by atoms with Crippen LogP contribution < -0.4 is 10.1 Å². The molecular formula is C14H14F2N2O. The first-order valence-electron chi connectivity index (χ1n) is 5.96. The van der Waals surface area contributed by atoms with Crippen molar-refractivity contribution in [3.63, 3.8) is 0 Å². The maximum Gasteiger partial charge on any atom is 0.146 e. The molecule has 0 saturated heterocycles. The van der Waals surface area contributed by atoms with Gasteiger partial charge in [-0.3, -0.25) is 4.98 Å². The molecule has 1 heterocycles. The van der Waals surface area contributed by atoms with Crippen LogP contribution in [-0.4, -0.2) is 11.5 Å². The van der Waals surface area contributed by atoms with Crippen LogP contribution in [0.3, 0.4) is 0 Å². The summed E-state index contributed by atoms with van der Waals surface area (Å²) in [6.45, 7) is 3.52. The molecular weight excluding hydrogens is 250 g/mol. The van der Waals surface area contributed by atoms with Crippen LogP contribution in [0.5, 0.6) is 11.5 Å². The van der Waals surface area contributed by atoms with Crippen LogP contribution in [-0.2, 0) is 6.54 Å². The summed E-state index contributed by atoms with van der Waals surface area (Å²) in [5.74, 6) is -0.793. The Kier molecular flexibility index (Phi) is 4.41. The Balaban J connectivity index is 2.13. The van der Waals surface area contributed by atoms with Gasteiger partial charge in [0.1, 0.15) is 23.1 Å². The van der Waals surface area contributed by atoms with Gasteiger partial charge in [0.05, 0.1) is 6.20 Å². The standard InChI is InChI=1S/C14H14F2N2O/c1-2-17-7-10-3-14(9-18-8-10)19-13-5-11(15)4-12(16)6-13/h3-6,8-9,17H,2,7H2,1H3. The van der Waals surface area contributed by atoms with E-state index < -0.39 is 11.6 Å². The average Bonchev–Trinajstić information content (AvgIpc) is 2.35. The van der Waals surface area contributed by atoms with Crippen molar-refractivity contribution in [3.05, 3.63) is 53.9 Å². The number of hydrogen-bond acceptors (Lipinski definition) is 3. The molecule has 0 aliphatic rings. The van der Waals surface area contributed by atoms with E-state index in [0.29, 0.717) is 12.3 Å². The molecule has 0 aliphatic heterocycles. The van der Waals surface area contributed by atoms with Gasteiger partial charge in [0.15, 0.2) is 0 Å². The SMILES string of the molecule is CCNCc1cncc(Oc2cc(F)cc(F)c2)c1. The molecule has 0 bridgehead atoms. The number of nitrogens with one attached hydrogen (secondary N) is 1. The molecule has 1 aromatic carbocycles. The number of ether oxygens (including phenoxy) is 1. The van der Waals surface area contributed by atoms with Gasteiger partial charge in [0.2, 0.25) is 0 Å². The number of nitrogens with zero attached hydrogens (tertiary/aromatic N) is 1. The lowest BCUT2D eigenvalue weighted by Crippen LogP contribution is -2.11. The average molecular weight is 264 g/mol. The van der Waals surface area contributed by atoms with Crippen LogP contribution in [0.2, 0.25) is 0 Å². The van der Waals surface area contributed by atoms with Crippen LogP contribution in [0.15, 0.2) is 36.7 Å². The molecule has 3 nitrogen and oxygen atoms in total. The minimum atomic E-state index is -0.674. The third-order valence-electron chi connectivity index (χ3n) is 2.42. The fourth-order valence-electron chi connectivity index (χ4n) is 1.61. The fourth-order valence-corrected chi connectivity index (χ4v) is 1.61. The summed E-state index contributed by atoms with van der Waals surface area (Å²) in [7, 11) is 0. The lowest BCUT2D eigenvalue weighted by molar-refractivity contribution is 0.465. The highest BCUT2D eigenvalue weighted by Gasteiger charge is 2.04. The summed E-state index contributed by atoms with van der Waals surface area (Å²) < 4.78 is 31.5. The third kappa shape index (κ3) is 3.99. The summed E-state index contributed by atoms with van der Waals surface area (Å²) in [5.41, 5.74) is 0.941. The minimum Gasteiger partial charge on any atom is -0.456 e. The van der Waals surface area contributed by atoms with E-state index in [1.54, 1.807) is 12.3 Å². The van der Waals surface area contributed by atoms with E-state index in [0.717, 1.165) is 30.3 Å². The van der Waals surface area contributed by atoms with Gasteiger partial charge in [-0.25, -0.2) is 8.78 Å². The lowest BCUT2D eigenvalue weighted by atomic mass is 10.2. The second kappa shape index (κ2) is 6.24. The first-order valence-corrected chi connectivity index (χ1v) is 5.96. The number of aromatic nitrogens is 1. The van der Waals surface area contributed by atoms with Gasteiger partial charge in [-0.05, 0) is 18.2 Å². The molecule has 0 saturated carbocycles. The summed E-state index contributed by atoms with van der Waals surface area (Å²) in [6, 6.07) is 4.82. The Morgan fingerprint density at radius 1 is 1.05 bits per heavy atom. The first-order chi connectivity index (χ1) is 9.17. The molecule has 0 radical (unpaired) electrons. The molecule has 2 rings (SSSR count). The number of pyridine rings is 1. The molecule has 0 unspecified atom stereocenters. The van der Waals surface area contributed by atoms with Crippen LogP contribution in [0.4, 0.5) is 8.78 Å². The van der Waals surface area contributed by atoms with Gasteiger partial charge < -0.3 is 10.1 Å². The molecule has 2 aromatic rings. The smallest absolute Gasteiger partial charge is 0.146 e. The molecule has 1 aromatic heterocycles. The Bertz CT molecular complexity index is 541. The zero-order valence-corrected chi connectivity index (χ0v) is 10.5. The normalized spacial score (nSPS) is 10.5. The number of benzene rings is 1. The van der Waals surface area contributed by atoms with Gasteiger partial charge in [-0.2, -0.15) is 0 Å². The van der Waals surface area contributed by atoms with Crippen molar-refractivity contribution >= 4 is 0 Å². The molecule has 5 heteroatoms. The maximum absolute atomic E-state index is 13.0. The Morgan fingerprint density at radius 3 is 2.47 bits per heavy atom. The molecule has 1 N–H and O–H groups in total. The van der Waals surface area contributed by atoms with Crippen molar-refractivity contribution in [2.24, 2.45) is 0 Å². The van der Waals surface area contributed by atoms with Gasteiger partial charge in [0, 0.05) is 30.9 Å². The van der Waals surface area contributed by atoms with E-state index in [1.807, 2.05) is 6.92 Å².